The van der Waals surface area contributed by atoms with Gasteiger partial charge in [0.25, 0.3) is 0 Å². The minimum absolute atomic E-state index is 0. The van der Waals surface area contributed by atoms with E-state index in [1.54, 1.807) is 0 Å². The Hall–Kier alpha value is -1.19. The van der Waals surface area contributed by atoms with E-state index in [4.69, 9.17) is 5.73 Å². The third-order valence-corrected chi connectivity index (χ3v) is 3.03. The summed E-state index contributed by atoms with van der Waals surface area (Å²) in [5.74, 6) is 0.723. The van der Waals surface area contributed by atoms with Crippen molar-refractivity contribution in [3.05, 3.63) is 29.8 Å². The molecule has 4 nitrogen and oxygen atoms in total. The first-order chi connectivity index (χ1) is 9.33. The fraction of sp³-hybridized carbons (Fsp3) is 0.462. The third-order valence-electron chi connectivity index (χ3n) is 3.03. The van der Waals surface area contributed by atoms with E-state index in [1.165, 1.54) is 24.3 Å². The van der Waals surface area contributed by atoms with Crippen LogP contribution in [0.4, 0.5) is 13.2 Å². The number of alkyl halides is 3. The second kappa shape index (κ2) is 7.19. The Bertz CT molecular complexity index is 490. The molecule has 2 rings (SSSR count). The molecule has 1 aliphatic carbocycles. The number of nitrogens with zero attached hydrogens (tertiary/aromatic N) is 1. The molecule has 21 heavy (non-hydrogen) atoms. The van der Waals surface area contributed by atoms with Crippen LogP contribution >= 0.6 is 24.0 Å². The summed E-state index contributed by atoms with van der Waals surface area (Å²) in [6.45, 7) is 2.43. The van der Waals surface area contributed by atoms with Gasteiger partial charge in [-0.15, -0.1) is 37.1 Å². The zero-order valence-electron chi connectivity index (χ0n) is 11.4. The number of ether oxygens (including phenoxy) is 1. The van der Waals surface area contributed by atoms with E-state index in [0.29, 0.717) is 24.5 Å². The summed E-state index contributed by atoms with van der Waals surface area (Å²) in [7, 11) is 0. The van der Waals surface area contributed by atoms with Crippen LogP contribution in [0.3, 0.4) is 0 Å². The van der Waals surface area contributed by atoms with Gasteiger partial charge in [-0.3, -0.25) is 0 Å². The highest BCUT2D eigenvalue weighted by Crippen LogP contribution is 2.28. The lowest BCUT2D eigenvalue weighted by atomic mass is 10.2. The van der Waals surface area contributed by atoms with E-state index in [2.05, 4.69) is 22.0 Å². The summed E-state index contributed by atoms with van der Waals surface area (Å²) in [6.07, 6.45) is -3.59. The fourth-order valence-electron chi connectivity index (χ4n) is 1.73. The van der Waals surface area contributed by atoms with E-state index < -0.39 is 6.36 Å². The van der Waals surface area contributed by atoms with Crippen LogP contribution < -0.4 is 15.8 Å². The zero-order valence-corrected chi connectivity index (χ0v) is 13.7. The lowest BCUT2D eigenvalue weighted by molar-refractivity contribution is -0.274. The molecule has 0 radical (unpaired) electrons. The van der Waals surface area contributed by atoms with Crippen molar-refractivity contribution in [2.45, 2.75) is 32.3 Å². The summed E-state index contributed by atoms with van der Waals surface area (Å²) in [5.41, 5.74) is 6.46. The maximum atomic E-state index is 12.0. The first-order valence-electron chi connectivity index (χ1n) is 6.24. The SMILES string of the molecule is CC1CC1NC(N)=NCc1ccc(OC(F)(F)F)cc1.I. The maximum Gasteiger partial charge on any atom is 0.573 e. The number of aliphatic imine (C=N–C) groups is 1. The molecule has 1 aromatic rings. The molecule has 3 N–H and O–H groups in total. The molecule has 0 saturated heterocycles. The lowest BCUT2D eigenvalue weighted by Gasteiger charge is -2.09. The quantitative estimate of drug-likeness (QED) is 0.452. The van der Waals surface area contributed by atoms with Gasteiger partial charge in [-0.25, -0.2) is 4.99 Å². The number of nitrogens with one attached hydrogen (secondary N) is 1. The summed E-state index contributed by atoms with van der Waals surface area (Å²) < 4.78 is 39.7. The van der Waals surface area contributed by atoms with Gasteiger partial charge in [-0.1, -0.05) is 19.1 Å². The molecule has 118 valence electrons. The molecule has 1 fully saturated rings. The van der Waals surface area contributed by atoms with Crippen molar-refractivity contribution in [2.24, 2.45) is 16.6 Å². The van der Waals surface area contributed by atoms with Crippen molar-refractivity contribution in [3.63, 3.8) is 0 Å². The average Bonchev–Trinajstić information content (AvgIpc) is 3.02. The van der Waals surface area contributed by atoms with Crippen molar-refractivity contribution in [1.29, 1.82) is 0 Å². The molecule has 0 spiro atoms. The van der Waals surface area contributed by atoms with Gasteiger partial charge < -0.3 is 15.8 Å². The molecule has 0 bridgehead atoms. The topological polar surface area (TPSA) is 59.6 Å². The Labute approximate surface area is 138 Å². The van der Waals surface area contributed by atoms with Crippen molar-refractivity contribution in [1.82, 2.24) is 5.32 Å². The predicted molar refractivity (Wildman–Crippen MR) is 84.6 cm³/mol. The van der Waals surface area contributed by atoms with Gasteiger partial charge in [-0.2, -0.15) is 0 Å². The van der Waals surface area contributed by atoms with Crippen molar-refractivity contribution in [2.75, 3.05) is 0 Å². The number of halogens is 4. The summed E-state index contributed by atoms with van der Waals surface area (Å²) in [5, 5.41) is 3.07. The monoisotopic (exact) mass is 415 g/mol. The minimum Gasteiger partial charge on any atom is -0.406 e. The standard InChI is InChI=1S/C13H16F3N3O.HI/c1-8-6-11(8)19-12(17)18-7-9-2-4-10(5-3-9)20-13(14,15)16;/h2-5,8,11H,6-7H2,1H3,(H3,17,18,19);1H. The van der Waals surface area contributed by atoms with Gasteiger partial charge in [0.15, 0.2) is 5.96 Å². The molecule has 1 aromatic carbocycles. The third kappa shape index (κ3) is 6.40. The largest absolute Gasteiger partial charge is 0.573 e. The predicted octanol–water partition coefficient (Wildman–Crippen LogP) is 3.02. The van der Waals surface area contributed by atoms with Crippen LogP contribution in [0.25, 0.3) is 0 Å². The molecule has 0 amide bonds. The van der Waals surface area contributed by atoms with E-state index in [-0.39, 0.29) is 29.7 Å². The highest BCUT2D eigenvalue weighted by molar-refractivity contribution is 14.0. The Morgan fingerprint density at radius 1 is 1.38 bits per heavy atom. The molecular formula is C13H17F3IN3O. The first kappa shape index (κ1) is 17.9. The van der Waals surface area contributed by atoms with Gasteiger partial charge in [0, 0.05) is 6.04 Å². The van der Waals surface area contributed by atoms with Crippen LogP contribution in [-0.4, -0.2) is 18.4 Å². The molecular weight excluding hydrogens is 398 g/mol. The van der Waals surface area contributed by atoms with E-state index in [0.717, 1.165) is 12.0 Å². The van der Waals surface area contributed by atoms with Crippen LogP contribution in [0.1, 0.15) is 18.9 Å². The van der Waals surface area contributed by atoms with Gasteiger partial charge in [-0.05, 0) is 30.0 Å². The highest BCUT2D eigenvalue weighted by atomic mass is 127. The van der Waals surface area contributed by atoms with Gasteiger partial charge >= 0.3 is 6.36 Å². The Kier molecular flexibility index (Phi) is 6.11. The Morgan fingerprint density at radius 3 is 2.43 bits per heavy atom. The van der Waals surface area contributed by atoms with Gasteiger partial charge in [0.1, 0.15) is 5.75 Å². The summed E-state index contributed by atoms with van der Waals surface area (Å²) in [6, 6.07) is 5.95. The van der Waals surface area contributed by atoms with Crippen molar-refractivity contribution < 1.29 is 17.9 Å². The highest BCUT2D eigenvalue weighted by Gasteiger charge is 2.32. The summed E-state index contributed by atoms with van der Waals surface area (Å²) >= 11 is 0. The number of nitrogens with two attached hydrogens (primary N) is 1. The van der Waals surface area contributed by atoms with Crippen LogP contribution in [0.2, 0.25) is 0 Å². The second-order valence-electron chi connectivity index (χ2n) is 4.86. The number of guanidine groups is 1. The number of hydrogen-bond donors (Lipinski definition) is 2. The van der Waals surface area contributed by atoms with Crippen molar-refractivity contribution in [3.8, 4) is 5.75 Å². The molecule has 2 unspecified atom stereocenters. The minimum atomic E-state index is -4.67. The first-order valence-corrected chi connectivity index (χ1v) is 6.24. The molecule has 0 aromatic heterocycles. The molecule has 1 saturated carbocycles. The van der Waals surface area contributed by atoms with E-state index >= 15 is 0 Å². The maximum absolute atomic E-state index is 12.0. The zero-order chi connectivity index (χ0) is 14.8. The lowest BCUT2D eigenvalue weighted by Crippen LogP contribution is -2.34. The summed E-state index contributed by atoms with van der Waals surface area (Å²) in [4.78, 5) is 4.13. The molecule has 1 aliphatic rings. The molecule has 2 atom stereocenters. The Balaban J connectivity index is 0.00000220. The van der Waals surface area contributed by atoms with Crippen LogP contribution in [0, 0.1) is 5.92 Å². The van der Waals surface area contributed by atoms with Gasteiger partial charge in [0.2, 0.25) is 0 Å². The molecule has 0 aliphatic heterocycles. The number of hydrogen-bond acceptors (Lipinski definition) is 2. The molecule has 8 heteroatoms. The van der Waals surface area contributed by atoms with E-state index in [9.17, 15) is 13.2 Å². The second-order valence-corrected chi connectivity index (χ2v) is 4.86. The van der Waals surface area contributed by atoms with E-state index in [1.807, 2.05) is 0 Å². The smallest absolute Gasteiger partial charge is 0.406 e. The van der Waals surface area contributed by atoms with Crippen LogP contribution in [0.15, 0.2) is 29.3 Å². The fourth-order valence-corrected chi connectivity index (χ4v) is 1.73. The number of rotatable bonds is 4. The van der Waals surface area contributed by atoms with Gasteiger partial charge in [0.05, 0.1) is 6.54 Å². The Morgan fingerprint density at radius 2 is 1.95 bits per heavy atom. The van der Waals surface area contributed by atoms with Crippen LogP contribution in [-0.2, 0) is 6.54 Å². The molecule has 0 heterocycles. The normalized spacial score (nSPS) is 21.4. The number of benzene rings is 1. The van der Waals surface area contributed by atoms with Crippen molar-refractivity contribution >= 4 is 29.9 Å². The van der Waals surface area contributed by atoms with Crippen LogP contribution in [0.5, 0.6) is 5.75 Å². The average molecular weight is 415 g/mol.